The summed E-state index contributed by atoms with van der Waals surface area (Å²) in [7, 11) is 0. The summed E-state index contributed by atoms with van der Waals surface area (Å²) in [4.78, 5) is 41.7. The van der Waals surface area contributed by atoms with Crippen molar-refractivity contribution >= 4 is 73.6 Å². The number of halogens is 2. The molecule has 39 heavy (non-hydrogen) atoms. The first-order valence-corrected chi connectivity index (χ1v) is 15.5. The Kier molecular flexibility index (Phi) is 8.92. The summed E-state index contributed by atoms with van der Waals surface area (Å²) in [6, 6.07) is 3.54. The molecule has 0 aromatic carbocycles. The Bertz CT molecular complexity index is 1330. The monoisotopic (exact) mass is 607 g/mol. The molecule has 3 N–H and O–H groups in total. The van der Waals surface area contributed by atoms with Crippen LogP contribution in [-0.4, -0.2) is 72.5 Å². The predicted molar refractivity (Wildman–Crippen MR) is 161 cm³/mol. The number of pyridine rings is 1. The molecule has 2 amide bonds. The molecule has 2 saturated heterocycles. The van der Waals surface area contributed by atoms with E-state index in [1.807, 2.05) is 16.3 Å². The number of thiazole rings is 1. The SMILES string of the molecule is CCCN1CCN(c2sc(NC(=O)c3cnc(N4CCC(C(N)=O)CC4)c(Cl)c3)nc2-c2cc(Cl)cs2)CC1. The van der Waals surface area contributed by atoms with Gasteiger partial charge in [0.2, 0.25) is 5.91 Å². The lowest BCUT2D eigenvalue weighted by Crippen LogP contribution is -2.46. The Morgan fingerprint density at radius 2 is 1.85 bits per heavy atom. The van der Waals surface area contributed by atoms with E-state index >= 15 is 0 Å². The number of aromatic nitrogens is 2. The second kappa shape index (κ2) is 12.4. The molecular formula is C26H31Cl2N7O2S2. The van der Waals surface area contributed by atoms with Gasteiger partial charge >= 0.3 is 0 Å². The minimum Gasteiger partial charge on any atom is -0.369 e. The van der Waals surface area contributed by atoms with Crippen LogP contribution in [0.1, 0.15) is 36.5 Å². The van der Waals surface area contributed by atoms with Crippen molar-refractivity contribution in [3.63, 3.8) is 0 Å². The van der Waals surface area contributed by atoms with E-state index in [4.69, 9.17) is 33.9 Å². The third-order valence-electron chi connectivity index (χ3n) is 7.11. The highest BCUT2D eigenvalue weighted by Crippen LogP contribution is 2.42. The summed E-state index contributed by atoms with van der Waals surface area (Å²) < 4.78 is 0. The molecule has 9 nitrogen and oxygen atoms in total. The molecule has 0 saturated carbocycles. The van der Waals surface area contributed by atoms with Crippen LogP contribution in [0, 0.1) is 5.92 Å². The lowest BCUT2D eigenvalue weighted by molar-refractivity contribution is -0.122. The number of nitrogens with one attached hydrogen (secondary N) is 1. The minimum atomic E-state index is -0.327. The molecule has 5 rings (SSSR count). The highest BCUT2D eigenvalue weighted by molar-refractivity contribution is 7.21. The van der Waals surface area contributed by atoms with Crippen molar-refractivity contribution < 1.29 is 9.59 Å². The summed E-state index contributed by atoms with van der Waals surface area (Å²) in [6.07, 6.45) is 3.99. The third-order valence-corrected chi connectivity index (χ3v) is 9.70. The fourth-order valence-electron chi connectivity index (χ4n) is 5.00. The molecule has 3 aromatic rings. The highest BCUT2D eigenvalue weighted by atomic mass is 35.5. The second-order valence-electron chi connectivity index (χ2n) is 9.78. The van der Waals surface area contributed by atoms with E-state index in [1.54, 1.807) is 17.4 Å². The molecule has 13 heteroatoms. The van der Waals surface area contributed by atoms with Crippen LogP contribution >= 0.6 is 45.9 Å². The van der Waals surface area contributed by atoms with Gasteiger partial charge in [-0.15, -0.1) is 11.3 Å². The highest BCUT2D eigenvalue weighted by Gasteiger charge is 2.27. The van der Waals surface area contributed by atoms with Gasteiger partial charge in [0, 0.05) is 56.8 Å². The quantitative estimate of drug-likeness (QED) is 0.368. The van der Waals surface area contributed by atoms with E-state index in [2.05, 4.69) is 27.0 Å². The molecule has 0 spiro atoms. The van der Waals surface area contributed by atoms with E-state index < -0.39 is 0 Å². The Morgan fingerprint density at radius 3 is 2.46 bits per heavy atom. The largest absolute Gasteiger partial charge is 0.369 e. The lowest BCUT2D eigenvalue weighted by atomic mass is 9.96. The van der Waals surface area contributed by atoms with Crippen molar-refractivity contribution in [1.29, 1.82) is 0 Å². The van der Waals surface area contributed by atoms with Crippen LogP contribution in [0.3, 0.4) is 0 Å². The number of carbonyl (C=O) groups is 2. The second-order valence-corrected chi connectivity index (χ2v) is 12.5. The van der Waals surface area contributed by atoms with E-state index in [0.717, 1.165) is 54.7 Å². The summed E-state index contributed by atoms with van der Waals surface area (Å²) in [5.41, 5.74) is 6.63. The molecular weight excluding hydrogens is 577 g/mol. The zero-order valence-corrected chi connectivity index (χ0v) is 24.8. The van der Waals surface area contributed by atoms with Crippen molar-refractivity contribution in [1.82, 2.24) is 14.9 Å². The Morgan fingerprint density at radius 1 is 1.10 bits per heavy atom. The molecule has 2 aliphatic heterocycles. The van der Waals surface area contributed by atoms with Crippen molar-refractivity contribution in [2.24, 2.45) is 11.7 Å². The van der Waals surface area contributed by atoms with Crippen molar-refractivity contribution in [3.8, 4) is 10.6 Å². The third kappa shape index (κ3) is 6.49. The van der Waals surface area contributed by atoms with E-state index in [0.29, 0.717) is 52.5 Å². The number of hydrogen-bond acceptors (Lipinski definition) is 9. The maximum absolute atomic E-state index is 13.2. The topological polar surface area (TPSA) is 108 Å². The Hall–Kier alpha value is -2.44. The number of primary amides is 1. The number of rotatable bonds is 8. The molecule has 2 fully saturated rings. The number of piperidine rings is 1. The lowest BCUT2D eigenvalue weighted by Gasteiger charge is -2.35. The molecule has 3 aromatic heterocycles. The molecule has 0 atom stereocenters. The number of hydrogen-bond donors (Lipinski definition) is 2. The Labute approximate surface area is 245 Å². The van der Waals surface area contributed by atoms with Gasteiger partial charge in [-0.3, -0.25) is 19.8 Å². The number of nitrogens with two attached hydrogens (primary N) is 1. The molecule has 208 valence electrons. The van der Waals surface area contributed by atoms with Crippen LogP contribution in [0.5, 0.6) is 0 Å². The number of amides is 2. The zero-order valence-electron chi connectivity index (χ0n) is 21.7. The number of piperazine rings is 1. The zero-order chi connectivity index (χ0) is 27.5. The van der Waals surface area contributed by atoms with Crippen LogP contribution in [-0.2, 0) is 4.79 Å². The van der Waals surface area contributed by atoms with Gasteiger partial charge in [0.25, 0.3) is 5.91 Å². The van der Waals surface area contributed by atoms with Gasteiger partial charge in [0.15, 0.2) is 5.13 Å². The van der Waals surface area contributed by atoms with E-state index in [9.17, 15) is 9.59 Å². The van der Waals surface area contributed by atoms with Crippen LogP contribution in [0.2, 0.25) is 10.0 Å². The van der Waals surface area contributed by atoms with Crippen LogP contribution in [0.15, 0.2) is 23.7 Å². The molecule has 2 aliphatic rings. The van der Waals surface area contributed by atoms with Gasteiger partial charge in [-0.1, -0.05) is 41.5 Å². The van der Waals surface area contributed by atoms with Gasteiger partial charge in [-0.2, -0.15) is 0 Å². The molecule has 0 unspecified atom stereocenters. The fourth-order valence-corrected chi connectivity index (χ4v) is 7.44. The normalized spacial score (nSPS) is 17.0. The van der Waals surface area contributed by atoms with Gasteiger partial charge in [-0.25, -0.2) is 9.97 Å². The molecule has 0 aliphatic carbocycles. The molecule has 5 heterocycles. The average molecular weight is 609 g/mol. The Balaban J connectivity index is 1.31. The van der Waals surface area contributed by atoms with Crippen LogP contribution in [0.4, 0.5) is 16.0 Å². The minimum absolute atomic E-state index is 0.122. The smallest absolute Gasteiger partial charge is 0.259 e. The van der Waals surface area contributed by atoms with Crippen LogP contribution in [0.25, 0.3) is 10.6 Å². The first-order valence-electron chi connectivity index (χ1n) is 13.1. The summed E-state index contributed by atoms with van der Waals surface area (Å²) in [6.45, 7) is 8.37. The fraction of sp³-hybridized carbons (Fsp3) is 0.462. The molecule has 0 radical (unpaired) electrons. The standard InChI is InChI=1S/C26H31Cl2N7O2S2/c1-2-5-33-8-10-35(11-9-33)25-21(20-13-18(27)15-38-20)31-26(39-25)32-24(37)17-12-19(28)23(30-14-17)34-6-3-16(4-7-34)22(29)36/h12-16H,2-11H2,1H3,(H2,29,36)(H,31,32,37). The maximum atomic E-state index is 13.2. The van der Waals surface area contributed by atoms with Crippen molar-refractivity contribution in [2.75, 3.05) is 60.9 Å². The predicted octanol–water partition coefficient (Wildman–Crippen LogP) is 5.06. The van der Waals surface area contributed by atoms with Gasteiger partial charge in [-0.05, 0) is 37.9 Å². The summed E-state index contributed by atoms with van der Waals surface area (Å²) in [5, 5.41) is 7.45. The average Bonchev–Trinajstić information content (AvgIpc) is 3.55. The van der Waals surface area contributed by atoms with Gasteiger partial charge in [0.1, 0.15) is 16.5 Å². The van der Waals surface area contributed by atoms with Gasteiger partial charge < -0.3 is 15.5 Å². The van der Waals surface area contributed by atoms with E-state index in [1.165, 1.54) is 17.5 Å². The van der Waals surface area contributed by atoms with Crippen molar-refractivity contribution in [3.05, 3.63) is 39.3 Å². The van der Waals surface area contributed by atoms with Crippen LogP contribution < -0.4 is 20.9 Å². The molecule has 0 bridgehead atoms. The first-order chi connectivity index (χ1) is 18.8. The maximum Gasteiger partial charge on any atom is 0.259 e. The number of thiophene rings is 1. The number of anilines is 3. The summed E-state index contributed by atoms with van der Waals surface area (Å²) in [5.74, 6) is -0.113. The van der Waals surface area contributed by atoms with Crippen molar-refractivity contribution in [2.45, 2.75) is 26.2 Å². The number of carbonyl (C=O) groups excluding carboxylic acids is 2. The van der Waals surface area contributed by atoms with Gasteiger partial charge in [0.05, 0.1) is 20.5 Å². The first kappa shape index (κ1) is 28.1. The number of nitrogens with zero attached hydrogens (tertiary/aromatic N) is 5. The van der Waals surface area contributed by atoms with E-state index in [-0.39, 0.29) is 17.7 Å². The summed E-state index contributed by atoms with van der Waals surface area (Å²) >= 11 is 15.8.